The van der Waals surface area contributed by atoms with Gasteiger partial charge in [0.05, 0.1) is 0 Å². The van der Waals surface area contributed by atoms with Gasteiger partial charge in [-0.2, -0.15) is 0 Å². The molecule has 0 amide bonds. The Labute approximate surface area is 118 Å². The molecule has 19 heavy (non-hydrogen) atoms. The normalized spacial score (nSPS) is 10.9. The van der Waals surface area contributed by atoms with E-state index in [9.17, 15) is 0 Å². The van der Waals surface area contributed by atoms with Gasteiger partial charge in [0.25, 0.3) is 0 Å². The van der Waals surface area contributed by atoms with E-state index in [-0.39, 0.29) is 0 Å². The molecule has 0 saturated heterocycles. The Hall–Kier alpha value is -1.12. The zero-order chi connectivity index (χ0) is 13.9. The third-order valence-corrected chi connectivity index (χ3v) is 3.15. The molecule has 0 aliphatic carbocycles. The van der Waals surface area contributed by atoms with Crippen molar-refractivity contribution in [2.24, 2.45) is 0 Å². The van der Waals surface area contributed by atoms with Crippen molar-refractivity contribution in [1.29, 1.82) is 0 Å². The van der Waals surface area contributed by atoms with Gasteiger partial charge in [-0.15, -0.1) is 6.58 Å². The molecular formula is C17H28N2. The Balaban J connectivity index is 2.40. The topological polar surface area (TPSA) is 15.3 Å². The van der Waals surface area contributed by atoms with Crippen LogP contribution in [0.15, 0.2) is 36.9 Å². The number of hydrogen-bond acceptors (Lipinski definition) is 2. The molecule has 0 radical (unpaired) electrons. The lowest BCUT2D eigenvalue weighted by molar-refractivity contribution is 0.323. The Bertz CT molecular complexity index is 360. The van der Waals surface area contributed by atoms with Crippen molar-refractivity contribution in [3.05, 3.63) is 48.0 Å². The molecule has 0 aliphatic rings. The molecule has 0 bridgehead atoms. The van der Waals surface area contributed by atoms with E-state index in [1.807, 2.05) is 6.08 Å². The molecule has 0 atom stereocenters. The summed E-state index contributed by atoms with van der Waals surface area (Å²) in [6.45, 7) is 10.2. The van der Waals surface area contributed by atoms with Crippen molar-refractivity contribution in [1.82, 2.24) is 10.2 Å². The zero-order valence-corrected chi connectivity index (χ0v) is 12.5. The van der Waals surface area contributed by atoms with Crippen LogP contribution in [0, 0.1) is 0 Å². The summed E-state index contributed by atoms with van der Waals surface area (Å²) >= 11 is 0. The van der Waals surface area contributed by atoms with Gasteiger partial charge in [0.15, 0.2) is 0 Å². The van der Waals surface area contributed by atoms with Crippen molar-refractivity contribution in [3.8, 4) is 0 Å². The van der Waals surface area contributed by atoms with E-state index in [1.165, 1.54) is 24.0 Å². The lowest BCUT2D eigenvalue weighted by Gasteiger charge is -2.16. The first kappa shape index (κ1) is 15.9. The predicted octanol–water partition coefficient (Wildman–Crippen LogP) is 3.58. The van der Waals surface area contributed by atoms with Crippen LogP contribution in [-0.4, -0.2) is 25.0 Å². The quantitative estimate of drug-likeness (QED) is 0.511. The molecule has 1 rings (SSSR count). The van der Waals surface area contributed by atoms with Crippen LogP contribution in [0.5, 0.6) is 0 Å². The van der Waals surface area contributed by atoms with E-state index < -0.39 is 0 Å². The SMILES string of the molecule is C=CCCCN(C)Cc1cccc(CNCCC)c1. The van der Waals surface area contributed by atoms with Gasteiger partial charge in [0.1, 0.15) is 0 Å². The lowest BCUT2D eigenvalue weighted by Crippen LogP contribution is -2.19. The number of benzene rings is 1. The van der Waals surface area contributed by atoms with Crippen LogP contribution >= 0.6 is 0 Å². The molecule has 106 valence electrons. The van der Waals surface area contributed by atoms with Crippen molar-refractivity contribution in [2.45, 2.75) is 39.3 Å². The molecule has 2 heteroatoms. The van der Waals surface area contributed by atoms with E-state index in [0.29, 0.717) is 0 Å². The third-order valence-electron chi connectivity index (χ3n) is 3.15. The smallest absolute Gasteiger partial charge is 0.0230 e. The molecule has 1 aromatic carbocycles. The molecule has 0 spiro atoms. The van der Waals surface area contributed by atoms with Crippen molar-refractivity contribution in [2.75, 3.05) is 20.1 Å². The van der Waals surface area contributed by atoms with E-state index in [0.717, 1.165) is 32.6 Å². The summed E-state index contributed by atoms with van der Waals surface area (Å²) < 4.78 is 0. The number of allylic oxidation sites excluding steroid dienone is 1. The first-order chi connectivity index (χ1) is 9.26. The van der Waals surface area contributed by atoms with Crippen LogP contribution in [0.25, 0.3) is 0 Å². The van der Waals surface area contributed by atoms with Crippen LogP contribution in [0.1, 0.15) is 37.3 Å². The standard InChI is InChI=1S/C17H28N2/c1-4-6-7-12-19(3)15-17-10-8-9-16(13-17)14-18-11-5-2/h4,8-10,13,18H,1,5-7,11-12,14-15H2,2-3H3. The highest BCUT2D eigenvalue weighted by molar-refractivity contribution is 5.23. The first-order valence-electron chi connectivity index (χ1n) is 7.34. The highest BCUT2D eigenvalue weighted by Gasteiger charge is 2.01. The maximum absolute atomic E-state index is 3.76. The molecule has 2 nitrogen and oxygen atoms in total. The van der Waals surface area contributed by atoms with Gasteiger partial charge in [-0.1, -0.05) is 37.3 Å². The van der Waals surface area contributed by atoms with Crippen molar-refractivity contribution >= 4 is 0 Å². The van der Waals surface area contributed by atoms with Crippen molar-refractivity contribution < 1.29 is 0 Å². The van der Waals surface area contributed by atoms with Gasteiger partial charge >= 0.3 is 0 Å². The Kier molecular flexibility index (Phi) is 8.19. The molecule has 0 fully saturated rings. The fourth-order valence-electron chi connectivity index (χ4n) is 2.14. The van der Waals surface area contributed by atoms with Gasteiger partial charge in [0.2, 0.25) is 0 Å². The van der Waals surface area contributed by atoms with Gasteiger partial charge in [-0.3, -0.25) is 0 Å². The molecule has 1 aromatic rings. The van der Waals surface area contributed by atoms with Crippen LogP contribution in [-0.2, 0) is 13.1 Å². The van der Waals surface area contributed by atoms with Crippen LogP contribution in [0.4, 0.5) is 0 Å². The first-order valence-corrected chi connectivity index (χ1v) is 7.34. The fourth-order valence-corrected chi connectivity index (χ4v) is 2.14. The highest BCUT2D eigenvalue weighted by atomic mass is 15.1. The van der Waals surface area contributed by atoms with Gasteiger partial charge in [-0.25, -0.2) is 0 Å². The van der Waals surface area contributed by atoms with Crippen LogP contribution < -0.4 is 5.32 Å². The minimum atomic E-state index is 0.974. The second-order valence-corrected chi connectivity index (χ2v) is 5.17. The predicted molar refractivity (Wildman–Crippen MR) is 84.2 cm³/mol. The monoisotopic (exact) mass is 260 g/mol. The number of nitrogens with zero attached hydrogens (tertiary/aromatic N) is 1. The molecule has 1 N–H and O–H groups in total. The molecule has 0 aliphatic heterocycles. The van der Waals surface area contributed by atoms with Gasteiger partial charge < -0.3 is 10.2 Å². The van der Waals surface area contributed by atoms with Gasteiger partial charge in [-0.05, 0) is 50.5 Å². The number of nitrogens with one attached hydrogen (secondary N) is 1. The summed E-state index contributed by atoms with van der Waals surface area (Å²) in [7, 11) is 2.19. The maximum atomic E-state index is 3.76. The third kappa shape index (κ3) is 7.14. The fraction of sp³-hybridized carbons (Fsp3) is 0.529. The molecular weight excluding hydrogens is 232 g/mol. The van der Waals surface area contributed by atoms with Crippen LogP contribution in [0.3, 0.4) is 0 Å². The average Bonchev–Trinajstić information content (AvgIpc) is 2.40. The number of rotatable bonds is 10. The summed E-state index contributed by atoms with van der Waals surface area (Å²) in [5, 5.41) is 3.45. The second-order valence-electron chi connectivity index (χ2n) is 5.17. The summed E-state index contributed by atoms with van der Waals surface area (Å²) in [5.74, 6) is 0. The Morgan fingerprint density at radius 3 is 2.84 bits per heavy atom. The summed E-state index contributed by atoms with van der Waals surface area (Å²) in [6, 6.07) is 8.89. The van der Waals surface area contributed by atoms with E-state index in [2.05, 4.69) is 55.0 Å². The molecule has 0 saturated carbocycles. The minimum absolute atomic E-state index is 0.974. The van der Waals surface area contributed by atoms with Crippen molar-refractivity contribution in [3.63, 3.8) is 0 Å². The Morgan fingerprint density at radius 2 is 2.11 bits per heavy atom. The van der Waals surface area contributed by atoms with E-state index in [1.54, 1.807) is 0 Å². The zero-order valence-electron chi connectivity index (χ0n) is 12.5. The second kappa shape index (κ2) is 9.76. The van der Waals surface area contributed by atoms with E-state index in [4.69, 9.17) is 0 Å². The van der Waals surface area contributed by atoms with E-state index >= 15 is 0 Å². The summed E-state index contributed by atoms with van der Waals surface area (Å²) in [6.07, 6.45) is 5.47. The molecule has 0 unspecified atom stereocenters. The highest BCUT2D eigenvalue weighted by Crippen LogP contribution is 2.08. The average molecular weight is 260 g/mol. The largest absolute Gasteiger partial charge is 0.313 e. The number of unbranched alkanes of at least 4 members (excludes halogenated alkanes) is 1. The molecule has 0 aromatic heterocycles. The minimum Gasteiger partial charge on any atom is -0.313 e. The Morgan fingerprint density at radius 1 is 1.32 bits per heavy atom. The van der Waals surface area contributed by atoms with Gasteiger partial charge in [0, 0.05) is 13.1 Å². The van der Waals surface area contributed by atoms with Crippen LogP contribution in [0.2, 0.25) is 0 Å². The molecule has 0 heterocycles. The summed E-state index contributed by atoms with van der Waals surface area (Å²) in [5.41, 5.74) is 2.78. The number of hydrogen-bond donors (Lipinski definition) is 1. The lowest BCUT2D eigenvalue weighted by atomic mass is 10.1. The maximum Gasteiger partial charge on any atom is 0.0230 e. The summed E-state index contributed by atoms with van der Waals surface area (Å²) in [4.78, 5) is 2.38.